The number of hydrogen-bond acceptors (Lipinski definition) is 4. The van der Waals surface area contributed by atoms with Crippen LogP contribution in [-0.2, 0) is 4.74 Å². The van der Waals surface area contributed by atoms with Gasteiger partial charge in [-0.15, -0.1) is 0 Å². The number of halogens is 1. The number of hydrogen-bond donors (Lipinski definition) is 1. The van der Waals surface area contributed by atoms with Gasteiger partial charge in [-0.3, -0.25) is 0 Å². The number of ether oxygens (including phenoxy) is 1. The van der Waals surface area contributed by atoms with Crippen LogP contribution in [0.2, 0.25) is 0 Å². The van der Waals surface area contributed by atoms with E-state index in [1.165, 1.54) is 17.5 Å². The average molecular weight is 325 g/mol. The molecule has 2 aromatic rings. The van der Waals surface area contributed by atoms with Crippen molar-refractivity contribution in [2.24, 2.45) is 0 Å². The second kappa shape index (κ2) is 4.18. The molecule has 0 aliphatic carbocycles. The molecule has 2 fully saturated rings. The van der Waals surface area contributed by atoms with Crippen molar-refractivity contribution in [1.29, 1.82) is 0 Å². The maximum atomic E-state index is 5.86. The lowest BCUT2D eigenvalue weighted by molar-refractivity contribution is 0.102. The topological polar surface area (TPSA) is 34.1 Å². The summed E-state index contributed by atoms with van der Waals surface area (Å²) in [6.45, 7) is 0. The lowest BCUT2D eigenvalue weighted by Gasteiger charge is -2.19. The van der Waals surface area contributed by atoms with Gasteiger partial charge in [0.2, 0.25) is 0 Å². The van der Waals surface area contributed by atoms with E-state index in [0.717, 1.165) is 21.5 Å². The summed E-state index contributed by atoms with van der Waals surface area (Å²) < 4.78 is 8.16. The predicted octanol–water partition coefficient (Wildman–Crippen LogP) is 3.79. The molecule has 2 aliphatic heterocycles. The first-order chi connectivity index (χ1) is 8.78. The molecule has 2 aliphatic rings. The minimum atomic E-state index is 0.397. The van der Waals surface area contributed by atoms with Crippen molar-refractivity contribution >= 4 is 42.6 Å². The van der Waals surface area contributed by atoms with Crippen molar-refractivity contribution in [1.82, 2.24) is 4.98 Å². The van der Waals surface area contributed by atoms with Crippen molar-refractivity contribution in [2.75, 3.05) is 5.32 Å². The Labute approximate surface area is 118 Å². The van der Waals surface area contributed by atoms with Crippen LogP contribution in [-0.4, -0.2) is 23.2 Å². The number of thiazole rings is 1. The minimum Gasteiger partial charge on any atom is -0.373 e. The van der Waals surface area contributed by atoms with Crippen molar-refractivity contribution < 1.29 is 4.74 Å². The van der Waals surface area contributed by atoms with Crippen LogP contribution >= 0.6 is 27.3 Å². The third-order valence-electron chi connectivity index (χ3n) is 3.76. The van der Waals surface area contributed by atoms with Crippen molar-refractivity contribution in [2.45, 2.75) is 37.5 Å². The monoisotopic (exact) mass is 324 g/mol. The van der Waals surface area contributed by atoms with Crippen LogP contribution in [0.15, 0.2) is 22.7 Å². The molecular formula is C13H13BrN2OS. The Bertz CT molecular complexity index is 600. The fourth-order valence-corrected chi connectivity index (χ4v) is 4.17. The summed E-state index contributed by atoms with van der Waals surface area (Å²) in [5.74, 6) is 0. The van der Waals surface area contributed by atoms with Crippen LogP contribution in [0.25, 0.3) is 10.2 Å². The summed E-state index contributed by atoms with van der Waals surface area (Å²) >= 11 is 5.20. The van der Waals surface area contributed by atoms with Crippen molar-refractivity contribution in [3.63, 3.8) is 0 Å². The molecule has 1 N–H and O–H groups in total. The lowest BCUT2D eigenvalue weighted by Crippen LogP contribution is -2.30. The van der Waals surface area contributed by atoms with Crippen molar-refractivity contribution in [3.05, 3.63) is 22.7 Å². The van der Waals surface area contributed by atoms with Gasteiger partial charge in [-0.05, 0) is 37.5 Å². The summed E-state index contributed by atoms with van der Waals surface area (Å²) in [7, 11) is 0. The lowest BCUT2D eigenvalue weighted by atomic mass is 9.96. The van der Waals surface area contributed by atoms with Gasteiger partial charge in [0.1, 0.15) is 0 Å². The Morgan fingerprint density at radius 2 is 2.33 bits per heavy atom. The standard InChI is InChI=1S/C13H13BrN2OS/c14-7-1-4-12-10(5-7)16-13(18-12)15-9-6-8-2-3-11(9)17-8/h1,4-5,8-9,11H,2-3,6H2,(H,15,16). The summed E-state index contributed by atoms with van der Waals surface area (Å²) in [5.41, 5.74) is 1.06. The van der Waals surface area contributed by atoms with E-state index >= 15 is 0 Å². The van der Waals surface area contributed by atoms with E-state index in [-0.39, 0.29) is 0 Å². The van der Waals surface area contributed by atoms with Crippen LogP contribution in [0.1, 0.15) is 19.3 Å². The van der Waals surface area contributed by atoms with Crippen LogP contribution in [0.3, 0.4) is 0 Å². The molecule has 3 atom stereocenters. The predicted molar refractivity (Wildman–Crippen MR) is 77.2 cm³/mol. The molecular weight excluding hydrogens is 312 g/mol. The second-order valence-electron chi connectivity index (χ2n) is 4.99. The fourth-order valence-electron chi connectivity index (χ4n) is 2.91. The zero-order valence-electron chi connectivity index (χ0n) is 9.73. The molecule has 0 saturated carbocycles. The number of nitrogens with zero attached hydrogens (tertiary/aromatic N) is 1. The zero-order chi connectivity index (χ0) is 12.1. The molecule has 18 heavy (non-hydrogen) atoms. The van der Waals surface area contributed by atoms with E-state index in [1.807, 2.05) is 0 Å². The van der Waals surface area contributed by atoms with Gasteiger partial charge >= 0.3 is 0 Å². The highest BCUT2D eigenvalue weighted by Gasteiger charge is 2.40. The molecule has 2 bridgehead atoms. The Kier molecular flexibility index (Phi) is 2.60. The van der Waals surface area contributed by atoms with E-state index in [0.29, 0.717) is 18.2 Å². The molecule has 1 aromatic carbocycles. The molecule has 3 heterocycles. The van der Waals surface area contributed by atoms with Crippen LogP contribution in [0.5, 0.6) is 0 Å². The van der Waals surface area contributed by atoms with E-state index in [4.69, 9.17) is 4.74 Å². The van der Waals surface area contributed by atoms with Gasteiger partial charge in [0, 0.05) is 4.47 Å². The minimum absolute atomic E-state index is 0.397. The summed E-state index contributed by atoms with van der Waals surface area (Å²) in [4.78, 5) is 4.64. The van der Waals surface area contributed by atoms with E-state index < -0.39 is 0 Å². The first-order valence-electron chi connectivity index (χ1n) is 6.26. The number of anilines is 1. The summed E-state index contributed by atoms with van der Waals surface area (Å²) in [6, 6.07) is 6.69. The number of fused-ring (bicyclic) bond motifs is 3. The first kappa shape index (κ1) is 11.2. The van der Waals surface area contributed by atoms with Gasteiger partial charge in [-0.25, -0.2) is 4.98 Å². The average Bonchev–Trinajstić information content (AvgIpc) is 3.02. The molecule has 3 nitrogen and oxygen atoms in total. The number of aromatic nitrogens is 1. The normalized spacial score (nSPS) is 30.2. The van der Waals surface area contributed by atoms with Gasteiger partial charge in [-0.1, -0.05) is 27.3 Å². The Morgan fingerprint density at radius 1 is 1.39 bits per heavy atom. The van der Waals surface area contributed by atoms with Gasteiger partial charge in [-0.2, -0.15) is 0 Å². The molecule has 94 valence electrons. The number of benzene rings is 1. The highest BCUT2D eigenvalue weighted by atomic mass is 79.9. The van der Waals surface area contributed by atoms with Gasteiger partial charge < -0.3 is 10.1 Å². The maximum Gasteiger partial charge on any atom is 0.184 e. The summed E-state index contributed by atoms with van der Waals surface area (Å²) in [6.07, 6.45) is 4.43. The smallest absolute Gasteiger partial charge is 0.184 e. The Hall–Kier alpha value is -0.650. The second-order valence-corrected chi connectivity index (χ2v) is 6.94. The molecule has 5 heteroatoms. The van der Waals surface area contributed by atoms with Gasteiger partial charge in [0.15, 0.2) is 5.13 Å². The number of rotatable bonds is 2. The van der Waals surface area contributed by atoms with Crippen LogP contribution in [0, 0.1) is 0 Å². The van der Waals surface area contributed by atoms with Gasteiger partial charge in [0.25, 0.3) is 0 Å². The SMILES string of the molecule is Brc1ccc2sc(NC3CC4CCC3O4)nc2c1. The fraction of sp³-hybridized carbons (Fsp3) is 0.462. The Morgan fingerprint density at radius 3 is 3.11 bits per heavy atom. The van der Waals surface area contributed by atoms with Gasteiger partial charge in [0.05, 0.1) is 28.5 Å². The highest BCUT2D eigenvalue weighted by molar-refractivity contribution is 9.10. The summed E-state index contributed by atoms with van der Waals surface area (Å²) in [5, 5.41) is 4.57. The van der Waals surface area contributed by atoms with Crippen LogP contribution < -0.4 is 5.32 Å². The number of nitrogens with one attached hydrogen (secondary N) is 1. The van der Waals surface area contributed by atoms with Crippen molar-refractivity contribution in [3.8, 4) is 0 Å². The van der Waals surface area contributed by atoms with E-state index in [1.54, 1.807) is 11.3 Å². The highest BCUT2D eigenvalue weighted by Crippen LogP contribution is 2.37. The third kappa shape index (κ3) is 1.85. The maximum absolute atomic E-state index is 5.86. The molecule has 1 aromatic heterocycles. The molecule has 4 rings (SSSR count). The quantitative estimate of drug-likeness (QED) is 0.912. The van der Waals surface area contributed by atoms with E-state index in [9.17, 15) is 0 Å². The zero-order valence-corrected chi connectivity index (χ0v) is 12.1. The molecule has 3 unspecified atom stereocenters. The van der Waals surface area contributed by atoms with E-state index in [2.05, 4.69) is 44.4 Å². The largest absolute Gasteiger partial charge is 0.373 e. The molecule has 0 amide bonds. The molecule has 0 spiro atoms. The molecule has 0 radical (unpaired) electrons. The first-order valence-corrected chi connectivity index (χ1v) is 7.87. The Balaban J connectivity index is 1.59. The van der Waals surface area contributed by atoms with Crippen LogP contribution in [0.4, 0.5) is 5.13 Å². The third-order valence-corrected chi connectivity index (χ3v) is 5.23. The molecule has 2 saturated heterocycles.